The number of ether oxygens (including phenoxy) is 3. The summed E-state index contributed by atoms with van der Waals surface area (Å²) in [6, 6.07) is 9.59. The predicted octanol–water partition coefficient (Wildman–Crippen LogP) is 5.62. The van der Waals surface area contributed by atoms with Gasteiger partial charge in [-0.25, -0.2) is 0 Å². The van der Waals surface area contributed by atoms with Crippen molar-refractivity contribution in [2.75, 3.05) is 0 Å². The fourth-order valence-corrected chi connectivity index (χ4v) is 7.10. The van der Waals surface area contributed by atoms with E-state index in [9.17, 15) is 14.4 Å². The van der Waals surface area contributed by atoms with E-state index < -0.39 is 10.8 Å². The second kappa shape index (κ2) is 9.59. The first kappa shape index (κ1) is 25.7. The summed E-state index contributed by atoms with van der Waals surface area (Å²) in [4.78, 5) is 38.2. The Bertz CT molecular complexity index is 937. The number of carbonyl (C=O) groups excluding carboxylic acids is 3. The zero-order chi connectivity index (χ0) is 25.4. The molecule has 4 bridgehead atoms. The number of hydrogen-bond donors (Lipinski definition) is 0. The van der Waals surface area contributed by atoms with Crippen LogP contribution < -0.4 is 0 Å². The van der Waals surface area contributed by atoms with Crippen molar-refractivity contribution in [1.29, 1.82) is 0 Å². The van der Waals surface area contributed by atoms with E-state index in [1.165, 1.54) is 6.92 Å². The van der Waals surface area contributed by atoms with E-state index in [0.29, 0.717) is 18.8 Å². The SMILES string of the molecule is CCC(C)(CC(C)(C)C(=O)OCc1ccccc1)C(=O)OC1C2CC3CC1CC(OC(C)=O)(C3)C2. The summed E-state index contributed by atoms with van der Waals surface area (Å²) in [5.41, 5.74) is -1.06. The zero-order valence-corrected chi connectivity index (χ0v) is 21.8. The van der Waals surface area contributed by atoms with Gasteiger partial charge in [-0.3, -0.25) is 14.4 Å². The highest BCUT2D eigenvalue weighted by Crippen LogP contribution is 2.58. The van der Waals surface area contributed by atoms with E-state index in [1.54, 1.807) is 0 Å². The van der Waals surface area contributed by atoms with Crippen molar-refractivity contribution in [1.82, 2.24) is 0 Å². The Kier molecular flexibility index (Phi) is 7.05. The molecule has 4 fully saturated rings. The standard InChI is InChI=1S/C29H40O6/c1-6-28(5,18-27(3,4)25(31)33-17-20-10-8-7-9-11-20)26(32)34-24-22-12-21-13-23(24)16-29(14-21,15-22)35-19(2)30/h7-11,21-24H,6,12-18H2,1-5H3. The minimum atomic E-state index is -0.831. The van der Waals surface area contributed by atoms with Crippen LogP contribution in [0.2, 0.25) is 0 Å². The van der Waals surface area contributed by atoms with E-state index in [4.69, 9.17) is 14.2 Å². The first-order valence-electron chi connectivity index (χ1n) is 13.1. The van der Waals surface area contributed by atoms with Crippen LogP contribution in [-0.4, -0.2) is 29.6 Å². The predicted molar refractivity (Wildman–Crippen MR) is 131 cm³/mol. The lowest BCUT2D eigenvalue weighted by molar-refractivity contribution is -0.218. The van der Waals surface area contributed by atoms with Crippen LogP contribution in [0.1, 0.15) is 85.1 Å². The van der Waals surface area contributed by atoms with Crippen molar-refractivity contribution in [3.05, 3.63) is 35.9 Å². The summed E-state index contributed by atoms with van der Waals surface area (Å²) in [5.74, 6) is 0.233. The molecule has 4 aliphatic carbocycles. The molecule has 3 atom stereocenters. The molecule has 0 amide bonds. The number of benzene rings is 1. The molecule has 0 heterocycles. The molecule has 0 aliphatic heterocycles. The van der Waals surface area contributed by atoms with Gasteiger partial charge in [0, 0.05) is 18.8 Å². The van der Waals surface area contributed by atoms with E-state index in [1.807, 2.05) is 58.0 Å². The number of carbonyl (C=O) groups is 3. The van der Waals surface area contributed by atoms with Crippen LogP contribution in [0.5, 0.6) is 0 Å². The van der Waals surface area contributed by atoms with E-state index in [2.05, 4.69) is 0 Å². The highest BCUT2D eigenvalue weighted by atomic mass is 16.6. The lowest BCUT2D eigenvalue weighted by Crippen LogP contribution is -2.59. The minimum Gasteiger partial charge on any atom is -0.461 e. The summed E-state index contributed by atoms with van der Waals surface area (Å²) in [6.07, 6.45) is 5.33. The van der Waals surface area contributed by atoms with Crippen molar-refractivity contribution in [2.24, 2.45) is 28.6 Å². The van der Waals surface area contributed by atoms with Crippen molar-refractivity contribution >= 4 is 17.9 Å². The Hall–Kier alpha value is -2.37. The molecular formula is C29H40O6. The summed E-state index contributed by atoms with van der Waals surface area (Å²) >= 11 is 0. The fourth-order valence-electron chi connectivity index (χ4n) is 7.10. The Morgan fingerprint density at radius 2 is 1.60 bits per heavy atom. The van der Waals surface area contributed by atoms with Gasteiger partial charge in [0.2, 0.25) is 0 Å². The van der Waals surface area contributed by atoms with Gasteiger partial charge < -0.3 is 14.2 Å². The summed E-state index contributed by atoms with van der Waals surface area (Å²) in [7, 11) is 0. The Morgan fingerprint density at radius 3 is 2.17 bits per heavy atom. The quantitative estimate of drug-likeness (QED) is 0.335. The number of rotatable bonds is 9. The molecule has 0 N–H and O–H groups in total. The first-order valence-corrected chi connectivity index (χ1v) is 13.1. The van der Waals surface area contributed by atoms with Crippen LogP contribution in [0.3, 0.4) is 0 Å². The second-order valence-corrected chi connectivity index (χ2v) is 12.2. The van der Waals surface area contributed by atoms with Gasteiger partial charge in [0.25, 0.3) is 0 Å². The third-order valence-corrected chi connectivity index (χ3v) is 8.60. The lowest BCUT2D eigenvalue weighted by Gasteiger charge is -2.58. The smallest absolute Gasteiger partial charge is 0.312 e. The molecular weight excluding hydrogens is 444 g/mol. The van der Waals surface area contributed by atoms with Gasteiger partial charge in [-0.2, -0.15) is 0 Å². The lowest BCUT2D eigenvalue weighted by atomic mass is 9.53. The average molecular weight is 485 g/mol. The Morgan fingerprint density at radius 1 is 0.971 bits per heavy atom. The molecule has 0 radical (unpaired) electrons. The number of hydrogen-bond acceptors (Lipinski definition) is 6. The van der Waals surface area contributed by atoms with Gasteiger partial charge in [-0.1, -0.05) is 37.3 Å². The molecule has 1 aromatic rings. The molecule has 1 aromatic carbocycles. The maximum Gasteiger partial charge on any atom is 0.312 e. The molecule has 6 heteroatoms. The zero-order valence-electron chi connectivity index (χ0n) is 21.8. The first-order chi connectivity index (χ1) is 16.5. The topological polar surface area (TPSA) is 78.9 Å². The van der Waals surface area contributed by atoms with Crippen molar-refractivity contribution in [2.45, 2.75) is 97.9 Å². The average Bonchev–Trinajstić information content (AvgIpc) is 2.78. The monoisotopic (exact) mass is 484 g/mol. The van der Waals surface area contributed by atoms with Gasteiger partial charge >= 0.3 is 17.9 Å². The van der Waals surface area contributed by atoms with E-state index >= 15 is 0 Å². The molecule has 6 nitrogen and oxygen atoms in total. The van der Waals surface area contributed by atoms with Crippen LogP contribution >= 0.6 is 0 Å². The Labute approximate surface area is 209 Å². The third kappa shape index (κ3) is 5.41. The van der Waals surface area contributed by atoms with E-state index in [0.717, 1.165) is 37.7 Å². The van der Waals surface area contributed by atoms with Crippen molar-refractivity contribution in [3.8, 4) is 0 Å². The van der Waals surface area contributed by atoms with Gasteiger partial charge in [-0.05, 0) is 77.2 Å². The second-order valence-electron chi connectivity index (χ2n) is 12.2. The van der Waals surface area contributed by atoms with Crippen LogP contribution in [-0.2, 0) is 35.2 Å². The van der Waals surface area contributed by atoms with Crippen LogP contribution in [0.15, 0.2) is 30.3 Å². The molecule has 3 unspecified atom stereocenters. The van der Waals surface area contributed by atoms with Gasteiger partial charge in [-0.15, -0.1) is 0 Å². The molecule has 4 aliphatic rings. The van der Waals surface area contributed by atoms with Crippen molar-refractivity contribution < 1.29 is 28.6 Å². The minimum absolute atomic E-state index is 0.137. The normalized spacial score (nSPS) is 30.9. The van der Waals surface area contributed by atoms with Gasteiger partial charge in [0.05, 0.1) is 10.8 Å². The highest BCUT2D eigenvalue weighted by Gasteiger charge is 2.59. The Balaban J connectivity index is 1.39. The molecule has 0 spiro atoms. The largest absolute Gasteiger partial charge is 0.461 e. The van der Waals surface area contributed by atoms with E-state index in [-0.39, 0.29) is 48.1 Å². The molecule has 192 valence electrons. The fraction of sp³-hybridized carbons (Fsp3) is 0.690. The van der Waals surface area contributed by atoms with Gasteiger partial charge in [0.1, 0.15) is 18.3 Å². The summed E-state index contributed by atoms with van der Waals surface area (Å²) < 4.78 is 17.7. The molecule has 4 saturated carbocycles. The molecule has 0 saturated heterocycles. The van der Waals surface area contributed by atoms with Crippen LogP contribution in [0, 0.1) is 28.6 Å². The highest BCUT2D eigenvalue weighted by molar-refractivity contribution is 5.80. The maximum absolute atomic E-state index is 13.6. The van der Waals surface area contributed by atoms with Crippen LogP contribution in [0.25, 0.3) is 0 Å². The van der Waals surface area contributed by atoms with Crippen LogP contribution in [0.4, 0.5) is 0 Å². The van der Waals surface area contributed by atoms with Gasteiger partial charge in [0.15, 0.2) is 0 Å². The number of esters is 3. The third-order valence-electron chi connectivity index (χ3n) is 8.60. The molecule has 0 aromatic heterocycles. The molecule has 5 rings (SSSR count). The molecule has 35 heavy (non-hydrogen) atoms. The maximum atomic E-state index is 13.6. The summed E-state index contributed by atoms with van der Waals surface area (Å²) in [5, 5.41) is 0. The summed E-state index contributed by atoms with van der Waals surface area (Å²) in [6.45, 7) is 9.25. The van der Waals surface area contributed by atoms with Crippen molar-refractivity contribution in [3.63, 3.8) is 0 Å².